The van der Waals surface area contributed by atoms with E-state index in [-0.39, 0.29) is 29.2 Å². The molecule has 0 aromatic carbocycles. The van der Waals surface area contributed by atoms with Gasteiger partial charge in [0.1, 0.15) is 0 Å². The molecule has 2 aliphatic rings. The van der Waals surface area contributed by atoms with Gasteiger partial charge < -0.3 is 10.2 Å². The Labute approximate surface area is 104 Å². The summed E-state index contributed by atoms with van der Waals surface area (Å²) in [5, 5.41) is 3.20. The summed E-state index contributed by atoms with van der Waals surface area (Å²) in [6, 6.07) is 0.421. The molecule has 1 amide bonds. The molecule has 4 heteroatoms. The van der Waals surface area contributed by atoms with Crippen molar-refractivity contribution in [3.8, 4) is 0 Å². The van der Waals surface area contributed by atoms with Gasteiger partial charge in [0.15, 0.2) is 0 Å². The van der Waals surface area contributed by atoms with E-state index in [1.54, 1.807) is 0 Å². The van der Waals surface area contributed by atoms with Gasteiger partial charge in [-0.2, -0.15) is 0 Å². The third kappa shape index (κ3) is 1.65. The molecule has 1 aliphatic carbocycles. The van der Waals surface area contributed by atoms with Gasteiger partial charge in [0, 0.05) is 26.1 Å². The minimum Gasteiger partial charge on any atom is -0.340 e. The van der Waals surface area contributed by atoms with Crippen LogP contribution in [0.25, 0.3) is 0 Å². The van der Waals surface area contributed by atoms with E-state index in [1.165, 1.54) is 0 Å². The van der Waals surface area contributed by atoms with Crippen molar-refractivity contribution < 1.29 is 4.79 Å². The maximum atomic E-state index is 12.3. The van der Waals surface area contributed by atoms with Gasteiger partial charge in [-0.15, -0.1) is 12.4 Å². The van der Waals surface area contributed by atoms with Gasteiger partial charge in [-0.1, -0.05) is 27.7 Å². The van der Waals surface area contributed by atoms with E-state index in [1.807, 2.05) is 11.9 Å². The Balaban J connectivity index is 0.00000128. The fraction of sp³-hybridized carbons (Fsp3) is 0.917. The molecule has 1 heterocycles. The minimum absolute atomic E-state index is 0. The standard InChI is InChI=1S/C12H22N2O.ClH/c1-11(2)9(12(11,3)4)10(15)14(5)8-6-13-7-8;/h8-9,13H,6-7H2,1-5H3;1H. The van der Waals surface area contributed by atoms with Gasteiger partial charge in [-0.25, -0.2) is 0 Å². The van der Waals surface area contributed by atoms with Crippen LogP contribution in [0.15, 0.2) is 0 Å². The zero-order valence-electron chi connectivity index (χ0n) is 10.8. The monoisotopic (exact) mass is 246 g/mol. The van der Waals surface area contributed by atoms with E-state index >= 15 is 0 Å². The van der Waals surface area contributed by atoms with Gasteiger partial charge in [0.05, 0.1) is 6.04 Å². The van der Waals surface area contributed by atoms with Gasteiger partial charge in [0.25, 0.3) is 0 Å². The number of nitrogens with zero attached hydrogens (tertiary/aromatic N) is 1. The lowest BCUT2D eigenvalue weighted by atomic mass is 10.0. The molecule has 94 valence electrons. The first kappa shape index (κ1) is 13.8. The van der Waals surface area contributed by atoms with E-state index in [2.05, 4.69) is 33.0 Å². The summed E-state index contributed by atoms with van der Waals surface area (Å²) in [5.74, 6) is 0.534. The van der Waals surface area contributed by atoms with Crippen LogP contribution in [0.3, 0.4) is 0 Å². The van der Waals surface area contributed by atoms with E-state index < -0.39 is 0 Å². The van der Waals surface area contributed by atoms with Crippen molar-refractivity contribution in [2.75, 3.05) is 20.1 Å². The lowest BCUT2D eigenvalue weighted by molar-refractivity contribution is -0.135. The van der Waals surface area contributed by atoms with Crippen LogP contribution in [0.4, 0.5) is 0 Å². The van der Waals surface area contributed by atoms with Gasteiger partial charge in [-0.05, 0) is 10.8 Å². The number of carbonyl (C=O) groups excluding carboxylic acids is 1. The molecule has 1 saturated carbocycles. The zero-order chi connectivity index (χ0) is 11.4. The molecule has 0 aromatic heterocycles. The van der Waals surface area contributed by atoms with Gasteiger partial charge in [0.2, 0.25) is 5.91 Å². The smallest absolute Gasteiger partial charge is 0.226 e. The highest BCUT2D eigenvalue weighted by Gasteiger charge is 2.68. The van der Waals surface area contributed by atoms with Crippen LogP contribution in [0.2, 0.25) is 0 Å². The average Bonchev–Trinajstić information content (AvgIpc) is 2.38. The first-order valence-corrected chi connectivity index (χ1v) is 5.77. The van der Waals surface area contributed by atoms with Crippen LogP contribution in [-0.4, -0.2) is 37.0 Å². The van der Waals surface area contributed by atoms with Crippen LogP contribution < -0.4 is 5.32 Å². The summed E-state index contributed by atoms with van der Waals surface area (Å²) in [6.45, 7) is 10.7. The normalized spacial score (nSPS) is 26.6. The van der Waals surface area contributed by atoms with Crippen LogP contribution in [0, 0.1) is 16.7 Å². The van der Waals surface area contributed by atoms with Crippen LogP contribution in [0.1, 0.15) is 27.7 Å². The number of nitrogens with one attached hydrogen (secondary N) is 1. The second-order valence-electron chi connectivity index (χ2n) is 6.14. The fourth-order valence-corrected chi connectivity index (χ4v) is 2.74. The first-order chi connectivity index (χ1) is 6.80. The molecular weight excluding hydrogens is 224 g/mol. The van der Waals surface area contributed by atoms with Crippen LogP contribution in [-0.2, 0) is 4.79 Å². The Bertz CT molecular complexity index is 283. The molecule has 16 heavy (non-hydrogen) atoms. The third-order valence-electron chi connectivity index (χ3n) is 4.92. The highest BCUT2D eigenvalue weighted by Crippen LogP contribution is 2.68. The summed E-state index contributed by atoms with van der Waals surface area (Å²) in [4.78, 5) is 14.2. The number of carbonyl (C=O) groups is 1. The van der Waals surface area contributed by atoms with E-state index in [0.29, 0.717) is 11.9 Å². The Morgan fingerprint density at radius 3 is 1.88 bits per heavy atom. The molecule has 1 aliphatic heterocycles. The minimum atomic E-state index is 0. The number of amides is 1. The highest BCUT2D eigenvalue weighted by atomic mass is 35.5. The molecule has 3 nitrogen and oxygen atoms in total. The molecule has 0 atom stereocenters. The van der Waals surface area contributed by atoms with Gasteiger partial charge >= 0.3 is 0 Å². The topological polar surface area (TPSA) is 32.3 Å². The molecule has 0 spiro atoms. The molecule has 0 bridgehead atoms. The summed E-state index contributed by atoms with van der Waals surface area (Å²) >= 11 is 0. The molecule has 0 aromatic rings. The fourth-order valence-electron chi connectivity index (χ4n) is 2.74. The summed E-state index contributed by atoms with van der Waals surface area (Å²) in [7, 11) is 1.94. The van der Waals surface area contributed by atoms with Gasteiger partial charge in [-0.3, -0.25) is 4.79 Å². The molecule has 1 saturated heterocycles. The van der Waals surface area contributed by atoms with Crippen molar-refractivity contribution >= 4 is 18.3 Å². The average molecular weight is 247 g/mol. The number of likely N-dealkylation sites (N-methyl/N-ethyl adjacent to an activating group) is 1. The predicted molar refractivity (Wildman–Crippen MR) is 67.7 cm³/mol. The Kier molecular flexibility index (Phi) is 3.34. The number of rotatable bonds is 2. The summed E-state index contributed by atoms with van der Waals surface area (Å²) in [6.07, 6.45) is 0. The second kappa shape index (κ2) is 3.88. The molecule has 1 N–H and O–H groups in total. The quantitative estimate of drug-likeness (QED) is 0.802. The zero-order valence-corrected chi connectivity index (χ0v) is 11.6. The Morgan fingerprint density at radius 2 is 1.62 bits per heavy atom. The van der Waals surface area contributed by atoms with Crippen molar-refractivity contribution in [3.63, 3.8) is 0 Å². The van der Waals surface area contributed by atoms with Crippen molar-refractivity contribution in [1.29, 1.82) is 0 Å². The third-order valence-corrected chi connectivity index (χ3v) is 4.92. The Hall–Kier alpha value is -0.280. The molecular formula is C12H23ClN2O. The maximum Gasteiger partial charge on any atom is 0.226 e. The SMILES string of the molecule is CN(C(=O)C1C(C)(C)C1(C)C)C1CNC1.Cl. The maximum absolute atomic E-state index is 12.3. The highest BCUT2D eigenvalue weighted by molar-refractivity contribution is 5.85. The Morgan fingerprint density at radius 1 is 1.19 bits per heavy atom. The first-order valence-electron chi connectivity index (χ1n) is 5.77. The summed E-state index contributed by atoms with van der Waals surface area (Å²) < 4.78 is 0. The van der Waals surface area contributed by atoms with E-state index in [4.69, 9.17) is 0 Å². The van der Waals surface area contributed by atoms with Crippen molar-refractivity contribution in [3.05, 3.63) is 0 Å². The van der Waals surface area contributed by atoms with Crippen molar-refractivity contribution in [2.24, 2.45) is 16.7 Å². The van der Waals surface area contributed by atoms with E-state index in [0.717, 1.165) is 13.1 Å². The lowest BCUT2D eigenvalue weighted by Crippen LogP contribution is -2.58. The predicted octanol–water partition coefficient (Wildman–Crippen LogP) is 1.52. The second-order valence-corrected chi connectivity index (χ2v) is 6.14. The lowest BCUT2D eigenvalue weighted by Gasteiger charge is -2.36. The molecule has 0 radical (unpaired) electrons. The largest absolute Gasteiger partial charge is 0.340 e. The number of hydrogen-bond acceptors (Lipinski definition) is 2. The summed E-state index contributed by atoms with van der Waals surface area (Å²) in [5.41, 5.74) is 0.324. The van der Waals surface area contributed by atoms with E-state index in [9.17, 15) is 4.79 Å². The van der Waals surface area contributed by atoms with Crippen LogP contribution >= 0.6 is 12.4 Å². The molecule has 2 fully saturated rings. The molecule has 0 unspecified atom stereocenters. The number of halogens is 1. The van der Waals surface area contributed by atoms with Crippen LogP contribution in [0.5, 0.6) is 0 Å². The van der Waals surface area contributed by atoms with Crippen molar-refractivity contribution in [1.82, 2.24) is 10.2 Å². The molecule has 2 rings (SSSR count). The van der Waals surface area contributed by atoms with Crippen molar-refractivity contribution in [2.45, 2.75) is 33.7 Å². The number of hydrogen-bond donors (Lipinski definition) is 1.